The molecule has 6 aromatic carbocycles. The number of aromatic nitrogens is 3. The van der Waals surface area contributed by atoms with Gasteiger partial charge >= 0.3 is 0 Å². The molecule has 9 rings (SSSR count). The zero-order valence-corrected chi connectivity index (χ0v) is 32.3. The van der Waals surface area contributed by atoms with Gasteiger partial charge in [-0.15, -0.1) is 0 Å². The van der Waals surface area contributed by atoms with Crippen LogP contribution in [0.4, 0.5) is 0 Å². The Balaban J connectivity index is 1.22. The third-order valence-electron chi connectivity index (χ3n) is 10.9. The van der Waals surface area contributed by atoms with E-state index in [1.165, 1.54) is 61.3 Å². The molecule has 3 heteroatoms. The molecule has 0 aliphatic rings. The van der Waals surface area contributed by atoms with Crippen LogP contribution < -0.4 is 13.7 Å². The van der Waals surface area contributed by atoms with Crippen molar-refractivity contribution in [1.29, 1.82) is 0 Å². The molecule has 3 aromatic heterocycles. The van der Waals surface area contributed by atoms with Crippen molar-refractivity contribution in [2.75, 3.05) is 0 Å². The van der Waals surface area contributed by atoms with E-state index in [0.717, 1.165) is 22.6 Å². The van der Waals surface area contributed by atoms with Crippen molar-refractivity contribution in [3.05, 3.63) is 230 Å². The summed E-state index contributed by atoms with van der Waals surface area (Å²) in [5.74, 6) is 0. The van der Waals surface area contributed by atoms with E-state index < -0.39 is 0 Å². The Bertz CT molecular complexity index is 2830. The molecular weight excluding hydrogens is 691 g/mol. The van der Waals surface area contributed by atoms with Crippen LogP contribution in [0, 0.1) is 6.92 Å². The average Bonchev–Trinajstić information content (AvgIpc) is 3.28. The van der Waals surface area contributed by atoms with Crippen LogP contribution in [0.2, 0.25) is 0 Å². The maximum atomic E-state index is 2.40. The minimum absolute atomic E-state index is 0.692. The summed E-state index contributed by atoms with van der Waals surface area (Å²) in [4.78, 5) is 0. The van der Waals surface area contributed by atoms with Crippen LogP contribution in [0.1, 0.15) is 11.1 Å². The summed E-state index contributed by atoms with van der Waals surface area (Å²) in [7, 11) is 2.12. The Morgan fingerprint density at radius 3 is 1.49 bits per heavy atom. The molecule has 0 N–H and O–H groups in total. The molecule has 3 nitrogen and oxygen atoms in total. The number of nitrogens with zero attached hydrogens (tertiary/aromatic N) is 3. The van der Waals surface area contributed by atoms with Gasteiger partial charge in [-0.1, -0.05) is 115 Å². The van der Waals surface area contributed by atoms with Gasteiger partial charge in [0.25, 0.3) is 0 Å². The first-order valence-corrected chi connectivity index (χ1v) is 19.6. The third-order valence-corrected chi connectivity index (χ3v) is 10.9. The second-order valence-corrected chi connectivity index (χ2v) is 14.6. The summed E-state index contributed by atoms with van der Waals surface area (Å²) in [6.07, 6.45) is 6.55. The van der Waals surface area contributed by atoms with Gasteiger partial charge in [-0.25, -0.2) is 4.57 Å². The lowest BCUT2D eigenvalue weighted by molar-refractivity contribution is -0.677. The highest BCUT2D eigenvalue weighted by Gasteiger charge is 2.27. The van der Waals surface area contributed by atoms with Crippen molar-refractivity contribution < 1.29 is 13.7 Å². The molecule has 0 unspecified atom stereocenters. The van der Waals surface area contributed by atoms with Crippen LogP contribution in [0.25, 0.3) is 72.8 Å². The van der Waals surface area contributed by atoms with Crippen LogP contribution in [0.3, 0.4) is 0 Å². The Kier molecular flexibility index (Phi) is 9.87. The lowest BCUT2D eigenvalue weighted by Crippen LogP contribution is -2.38. The molecule has 0 saturated carbocycles. The van der Waals surface area contributed by atoms with Crippen LogP contribution in [-0.2, 0) is 13.6 Å². The monoisotopic (exact) mass is 734 g/mol. The summed E-state index contributed by atoms with van der Waals surface area (Å²) in [6, 6.07) is 72.2. The Labute approximate surface area is 335 Å². The van der Waals surface area contributed by atoms with Gasteiger partial charge in [-0.05, 0) is 88.3 Å². The van der Waals surface area contributed by atoms with Crippen LogP contribution in [0.5, 0.6) is 0 Å². The molecule has 272 valence electrons. The van der Waals surface area contributed by atoms with E-state index in [9.17, 15) is 0 Å². The quantitative estimate of drug-likeness (QED) is 0.131. The van der Waals surface area contributed by atoms with Gasteiger partial charge in [0.05, 0.1) is 5.56 Å². The summed E-state index contributed by atoms with van der Waals surface area (Å²) in [6.45, 7) is 2.90. The van der Waals surface area contributed by atoms with Crippen molar-refractivity contribution in [2.24, 2.45) is 7.05 Å². The molecule has 57 heavy (non-hydrogen) atoms. The molecule has 3 heterocycles. The topological polar surface area (TPSA) is 11.6 Å². The predicted molar refractivity (Wildman–Crippen MR) is 232 cm³/mol. The number of benzene rings is 6. The molecule has 0 bridgehead atoms. The first-order chi connectivity index (χ1) is 28.1. The summed E-state index contributed by atoms with van der Waals surface area (Å²) >= 11 is 0. The third kappa shape index (κ3) is 7.31. The minimum Gasteiger partial charge on any atom is -0.201 e. The normalized spacial score (nSPS) is 11.1. The van der Waals surface area contributed by atoms with E-state index in [1.807, 2.05) is 0 Å². The highest BCUT2D eigenvalue weighted by atomic mass is 15.0. The maximum absolute atomic E-state index is 2.40. The van der Waals surface area contributed by atoms with E-state index in [2.05, 4.69) is 246 Å². The molecule has 0 aliphatic heterocycles. The number of pyridine rings is 3. The predicted octanol–water partition coefficient (Wildman–Crippen LogP) is 11.4. The lowest BCUT2D eigenvalue weighted by atomic mass is 9.95. The average molecular weight is 735 g/mol. The van der Waals surface area contributed by atoms with Crippen molar-refractivity contribution in [3.8, 4) is 72.8 Å². The molecule has 0 radical (unpaired) electrons. The number of hydrogen-bond donors (Lipinski definition) is 0. The second kappa shape index (κ2) is 15.9. The Hall–Kier alpha value is -7.23. The van der Waals surface area contributed by atoms with Crippen LogP contribution in [-0.4, -0.2) is 0 Å². The smallest absolute Gasteiger partial charge is 0.201 e. The number of rotatable bonds is 9. The molecule has 0 saturated heterocycles. The van der Waals surface area contributed by atoms with Gasteiger partial charge in [0.2, 0.25) is 22.8 Å². The standard InChI is InChI=1S/C54H44N3/c1-40-27-28-44(41-18-6-3-7-19-41)36-48(40)52-25-13-16-34-56(52)39-47-30-29-45(42-20-8-4-9-21-42)37-49(47)53-26-14-17-35-57(53)54-32-31-46(43-22-10-5-11-23-43)38-50(54)51-24-12-15-33-55(51)2/h3-38H,39H2,1-2H3/q+3. The van der Waals surface area contributed by atoms with E-state index in [4.69, 9.17) is 0 Å². The van der Waals surface area contributed by atoms with Crippen molar-refractivity contribution in [2.45, 2.75) is 13.5 Å². The second-order valence-electron chi connectivity index (χ2n) is 14.6. The van der Waals surface area contributed by atoms with E-state index in [0.29, 0.717) is 6.54 Å². The van der Waals surface area contributed by atoms with E-state index in [1.54, 1.807) is 0 Å². The van der Waals surface area contributed by atoms with Gasteiger partial charge in [-0.3, -0.25) is 0 Å². The fraction of sp³-hybridized carbons (Fsp3) is 0.0556. The molecule has 9 aromatic rings. The SMILES string of the molecule is Cc1ccc(-c2ccccc2)cc1-c1cccc[n+]1Cc1ccc(-c2ccccc2)cc1-c1cccc[n+]1-c1ccc(-c2ccccc2)cc1-c1cccc[n+]1C. The van der Waals surface area contributed by atoms with Gasteiger partial charge in [0.15, 0.2) is 25.1 Å². The lowest BCUT2D eigenvalue weighted by Gasteiger charge is -2.14. The number of aryl methyl sites for hydroxylation is 2. The fourth-order valence-electron chi connectivity index (χ4n) is 7.95. The molecule has 0 spiro atoms. The zero-order chi connectivity index (χ0) is 38.6. The Morgan fingerprint density at radius 2 is 0.860 bits per heavy atom. The first-order valence-electron chi connectivity index (χ1n) is 19.6. The van der Waals surface area contributed by atoms with Gasteiger partial charge < -0.3 is 0 Å². The van der Waals surface area contributed by atoms with Crippen LogP contribution in [0.15, 0.2) is 219 Å². The fourth-order valence-corrected chi connectivity index (χ4v) is 7.95. The molecule has 0 aliphatic carbocycles. The molecule has 0 amide bonds. The molecule has 0 atom stereocenters. The minimum atomic E-state index is 0.692. The van der Waals surface area contributed by atoms with E-state index >= 15 is 0 Å². The first kappa shape index (κ1) is 35.5. The van der Waals surface area contributed by atoms with Gasteiger partial charge in [0, 0.05) is 53.6 Å². The zero-order valence-electron chi connectivity index (χ0n) is 32.3. The Morgan fingerprint density at radius 1 is 0.368 bits per heavy atom. The van der Waals surface area contributed by atoms with E-state index in [-0.39, 0.29) is 0 Å². The largest absolute Gasteiger partial charge is 0.225 e. The van der Waals surface area contributed by atoms with Crippen molar-refractivity contribution >= 4 is 0 Å². The molecular formula is C54H44N3+3. The highest BCUT2D eigenvalue weighted by Crippen LogP contribution is 2.33. The van der Waals surface area contributed by atoms with Crippen molar-refractivity contribution in [1.82, 2.24) is 0 Å². The highest BCUT2D eigenvalue weighted by molar-refractivity contribution is 5.77. The summed E-state index contributed by atoms with van der Waals surface area (Å²) in [5.41, 5.74) is 17.8. The van der Waals surface area contributed by atoms with Gasteiger partial charge in [-0.2, -0.15) is 9.13 Å². The summed E-state index contributed by atoms with van der Waals surface area (Å²) in [5, 5.41) is 0. The van der Waals surface area contributed by atoms with Gasteiger partial charge in [0.1, 0.15) is 12.6 Å². The summed E-state index contributed by atoms with van der Waals surface area (Å²) < 4.78 is 6.98. The van der Waals surface area contributed by atoms with Crippen molar-refractivity contribution in [3.63, 3.8) is 0 Å². The van der Waals surface area contributed by atoms with Crippen LogP contribution >= 0.6 is 0 Å². The molecule has 0 fully saturated rings. The maximum Gasteiger partial charge on any atom is 0.225 e. The number of hydrogen-bond acceptors (Lipinski definition) is 0.